The van der Waals surface area contributed by atoms with E-state index in [1.54, 1.807) is 12.1 Å². The summed E-state index contributed by atoms with van der Waals surface area (Å²) in [4.78, 5) is 19.3. The molecule has 0 spiro atoms. The van der Waals surface area contributed by atoms with Crippen molar-refractivity contribution in [1.29, 1.82) is 0 Å². The molecule has 7 nitrogen and oxygen atoms in total. The number of nitrogens with zero attached hydrogens (tertiary/aromatic N) is 2. The van der Waals surface area contributed by atoms with Gasteiger partial charge >= 0.3 is 0 Å². The molecule has 174 valence electrons. The molecule has 0 aliphatic carbocycles. The second kappa shape index (κ2) is 14.0. The third kappa shape index (κ3) is 10.1. The Balaban J connectivity index is 1.79. The van der Waals surface area contributed by atoms with Crippen molar-refractivity contribution in [1.82, 2.24) is 20.9 Å². The van der Waals surface area contributed by atoms with Gasteiger partial charge in [-0.1, -0.05) is 26.0 Å². The molecule has 3 N–H and O–H groups in total. The number of ether oxygens (including phenoxy) is 1. The number of morpholine rings is 1. The fourth-order valence-corrected chi connectivity index (χ4v) is 3.64. The number of guanidine groups is 1. The molecule has 1 amide bonds. The summed E-state index contributed by atoms with van der Waals surface area (Å²) < 4.78 is 18.7. The predicted molar refractivity (Wildman–Crippen MR) is 123 cm³/mol. The van der Waals surface area contributed by atoms with Crippen LogP contribution in [0.4, 0.5) is 4.39 Å². The van der Waals surface area contributed by atoms with E-state index in [1.807, 2.05) is 6.92 Å². The van der Waals surface area contributed by atoms with Crippen LogP contribution in [-0.2, 0) is 16.0 Å². The van der Waals surface area contributed by atoms with Gasteiger partial charge in [-0.15, -0.1) is 0 Å². The van der Waals surface area contributed by atoms with Crippen LogP contribution in [0.3, 0.4) is 0 Å². The van der Waals surface area contributed by atoms with Gasteiger partial charge in [0.2, 0.25) is 5.91 Å². The minimum absolute atomic E-state index is 0.126. The molecular weight excluding hydrogens is 397 g/mol. The Hall–Kier alpha value is -2.19. The number of hydrogen-bond donors (Lipinski definition) is 3. The van der Waals surface area contributed by atoms with Crippen molar-refractivity contribution in [2.45, 2.75) is 39.7 Å². The van der Waals surface area contributed by atoms with E-state index in [0.717, 1.165) is 51.8 Å². The van der Waals surface area contributed by atoms with E-state index in [-0.39, 0.29) is 18.1 Å². The van der Waals surface area contributed by atoms with Crippen molar-refractivity contribution in [2.24, 2.45) is 10.9 Å². The molecule has 0 saturated carbocycles. The van der Waals surface area contributed by atoms with Crippen molar-refractivity contribution in [3.63, 3.8) is 0 Å². The Morgan fingerprint density at radius 3 is 2.61 bits per heavy atom. The minimum Gasteiger partial charge on any atom is -0.379 e. The van der Waals surface area contributed by atoms with Gasteiger partial charge in [-0.3, -0.25) is 14.7 Å². The van der Waals surface area contributed by atoms with Crippen LogP contribution >= 0.6 is 0 Å². The van der Waals surface area contributed by atoms with Crippen LogP contribution in [0.2, 0.25) is 0 Å². The first-order chi connectivity index (χ1) is 15.0. The number of aliphatic imine (C=N–C) groups is 1. The van der Waals surface area contributed by atoms with Crippen molar-refractivity contribution in [3.05, 3.63) is 35.6 Å². The van der Waals surface area contributed by atoms with Crippen LogP contribution in [0.15, 0.2) is 29.3 Å². The Kier molecular flexibility index (Phi) is 11.3. The normalized spacial score (nSPS) is 16.2. The largest absolute Gasteiger partial charge is 0.379 e. The summed E-state index contributed by atoms with van der Waals surface area (Å²) in [6.45, 7) is 12.5. The third-order valence-corrected chi connectivity index (χ3v) is 5.10. The Bertz CT molecular complexity index is 692. The van der Waals surface area contributed by atoms with E-state index in [2.05, 4.69) is 34.7 Å². The highest BCUT2D eigenvalue weighted by atomic mass is 19.1. The van der Waals surface area contributed by atoms with E-state index in [9.17, 15) is 9.18 Å². The molecule has 8 heteroatoms. The fourth-order valence-electron chi connectivity index (χ4n) is 3.64. The summed E-state index contributed by atoms with van der Waals surface area (Å²) in [5.74, 6) is 0.903. The molecule has 1 aliphatic heterocycles. The third-order valence-electron chi connectivity index (χ3n) is 5.10. The van der Waals surface area contributed by atoms with E-state index in [0.29, 0.717) is 30.6 Å². The van der Waals surface area contributed by atoms with Gasteiger partial charge in [-0.2, -0.15) is 0 Å². The van der Waals surface area contributed by atoms with E-state index < -0.39 is 0 Å². The quantitative estimate of drug-likeness (QED) is 0.281. The molecule has 1 aromatic rings. The number of nitrogens with one attached hydrogen (secondary N) is 3. The van der Waals surface area contributed by atoms with E-state index >= 15 is 0 Å². The zero-order valence-electron chi connectivity index (χ0n) is 19.1. The lowest BCUT2D eigenvalue weighted by Gasteiger charge is -2.34. The molecule has 2 rings (SSSR count). The highest BCUT2D eigenvalue weighted by molar-refractivity contribution is 5.80. The first-order valence-electron chi connectivity index (χ1n) is 11.3. The Morgan fingerprint density at radius 1 is 1.19 bits per heavy atom. The highest BCUT2D eigenvalue weighted by Gasteiger charge is 2.21. The van der Waals surface area contributed by atoms with Crippen LogP contribution in [0.5, 0.6) is 0 Å². The first kappa shape index (κ1) is 25.1. The summed E-state index contributed by atoms with van der Waals surface area (Å²) in [5, 5.41) is 9.41. The highest BCUT2D eigenvalue weighted by Crippen LogP contribution is 2.14. The first-order valence-corrected chi connectivity index (χ1v) is 11.3. The standard InChI is InChI=1S/C23H38FN5O2/c1-4-25-23(28-17-21(14-18(2)3)29-10-12-31-13-11-29)27-9-8-26-22(30)16-19-6-5-7-20(24)15-19/h5-7,15,18,21H,4,8-14,16-17H2,1-3H3,(H,26,30)(H2,25,27,28). The summed E-state index contributed by atoms with van der Waals surface area (Å²) in [5.41, 5.74) is 0.666. The minimum atomic E-state index is -0.327. The average Bonchev–Trinajstić information content (AvgIpc) is 2.74. The number of amides is 1. The zero-order valence-corrected chi connectivity index (χ0v) is 19.1. The maximum atomic E-state index is 13.2. The number of hydrogen-bond acceptors (Lipinski definition) is 4. The molecule has 1 unspecified atom stereocenters. The molecule has 1 saturated heterocycles. The second-order valence-corrected chi connectivity index (χ2v) is 8.23. The van der Waals surface area contributed by atoms with Gasteiger partial charge in [0.15, 0.2) is 5.96 Å². The van der Waals surface area contributed by atoms with Crippen molar-refractivity contribution in [3.8, 4) is 0 Å². The van der Waals surface area contributed by atoms with E-state index in [4.69, 9.17) is 9.73 Å². The molecule has 1 aromatic carbocycles. The fraction of sp³-hybridized carbons (Fsp3) is 0.652. The molecule has 0 radical (unpaired) electrons. The van der Waals surface area contributed by atoms with Gasteiger partial charge in [-0.05, 0) is 37.0 Å². The predicted octanol–water partition coefficient (Wildman–Crippen LogP) is 1.79. The molecule has 1 fully saturated rings. The van der Waals surface area contributed by atoms with Crippen molar-refractivity contribution < 1.29 is 13.9 Å². The lowest BCUT2D eigenvalue weighted by molar-refractivity contribution is -0.120. The lowest BCUT2D eigenvalue weighted by Crippen LogP contribution is -2.47. The van der Waals surface area contributed by atoms with Crippen LogP contribution in [0.1, 0.15) is 32.8 Å². The lowest BCUT2D eigenvalue weighted by atomic mass is 10.0. The van der Waals surface area contributed by atoms with Gasteiger partial charge in [0, 0.05) is 38.8 Å². The van der Waals surface area contributed by atoms with Crippen LogP contribution in [-0.4, -0.2) is 75.3 Å². The summed E-state index contributed by atoms with van der Waals surface area (Å²) >= 11 is 0. The molecule has 0 bridgehead atoms. The van der Waals surface area contributed by atoms with E-state index in [1.165, 1.54) is 12.1 Å². The maximum absolute atomic E-state index is 13.2. The van der Waals surface area contributed by atoms with Crippen LogP contribution in [0.25, 0.3) is 0 Å². The average molecular weight is 436 g/mol. The Morgan fingerprint density at radius 2 is 1.94 bits per heavy atom. The van der Waals surface area contributed by atoms with Crippen molar-refractivity contribution in [2.75, 3.05) is 52.5 Å². The topological polar surface area (TPSA) is 78.0 Å². The van der Waals surface area contributed by atoms with Gasteiger partial charge in [-0.25, -0.2) is 4.39 Å². The Labute approximate surface area is 185 Å². The van der Waals surface area contributed by atoms with Gasteiger partial charge in [0.1, 0.15) is 5.82 Å². The van der Waals surface area contributed by atoms with Crippen molar-refractivity contribution >= 4 is 11.9 Å². The number of rotatable bonds is 11. The SMILES string of the molecule is CCNC(=NCC(CC(C)C)N1CCOCC1)NCCNC(=O)Cc1cccc(F)c1. The number of benzene rings is 1. The van der Waals surface area contributed by atoms with Gasteiger partial charge in [0.25, 0.3) is 0 Å². The number of halogens is 1. The maximum Gasteiger partial charge on any atom is 0.224 e. The monoisotopic (exact) mass is 435 g/mol. The van der Waals surface area contributed by atoms with Crippen LogP contribution < -0.4 is 16.0 Å². The summed E-state index contributed by atoms with van der Waals surface area (Å²) in [7, 11) is 0. The second-order valence-electron chi connectivity index (χ2n) is 8.23. The number of carbonyl (C=O) groups excluding carboxylic acids is 1. The molecule has 31 heavy (non-hydrogen) atoms. The molecule has 0 aromatic heterocycles. The summed E-state index contributed by atoms with van der Waals surface area (Å²) in [6, 6.07) is 6.51. The van der Waals surface area contributed by atoms with Gasteiger partial charge in [0.05, 0.1) is 26.2 Å². The molecule has 1 aliphatic rings. The van der Waals surface area contributed by atoms with Gasteiger partial charge < -0.3 is 20.7 Å². The molecule has 1 heterocycles. The molecular formula is C23H38FN5O2. The zero-order chi connectivity index (χ0) is 22.5. The number of carbonyl (C=O) groups is 1. The smallest absolute Gasteiger partial charge is 0.224 e. The van der Waals surface area contributed by atoms with Crippen LogP contribution in [0, 0.1) is 11.7 Å². The summed E-state index contributed by atoms with van der Waals surface area (Å²) in [6.07, 6.45) is 1.27. The molecule has 1 atom stereocenters.